The van der Waals surface area contributed by atoms with Crippen LogP contribution in [0.1, 0.15) is 24.2 Å². The fourth-order valence-electron chi connectivity index (χ4n) is 2.22. The number of ether oxygens (including phenoxy) is 2. The Labute approximate surface area is 123 Å². The van der Waals surface area contributed by atoms with Crippen LogP contribution in [0.15, 0.2) is 24.3 Å². The van der Waals surface area contributed by atoms with E-state index in [1.165, 1.54) is 0 Å². The topological polar surface area (TPSA) is 76.1 Å². The molecule has 1 aromatic rings. The summed E-state index contributed by atoms with van der Waals surface area (Å²) in [6.45, 7) is 4.50. The summed E-state index contributed by atoms with van der Waals surface area (Å²) in [6, 6.07) is 6.59. The van der Waals surface area contributed by atoms with Gasteiger partial charge in [-0.25, -0.2) is 4.79 Å². The van der Waals surface area contributed by atoms with Gasteiger partial charge in [0.25, 0.3) is 5.91 Å². The van der Waals surface area contributed by atoms with Gasteiger partial charge in [-0.15, -0.1) is 0 Å². The summed E-state index contributed by atoms with van der Waals surface area (Å²) in [5, 5.41) is 8.61. The van der Waals surface area contributed by atoms with Gasteiger partial charge in [0.1, 0.15) is 5.75 Å². The first-order valence-electron chi connectivity index (χ1n) is 6.84. The first-order chi connectivity index (χ1) is 9.97. The molecule has 1 N–H and O–H groups in total. The molecule has 1 aliphatic heterocycles. The van der Waals surface area contributed by atoms with Crippen molar-refractivity contribution in [2.75, 3.05) is 19.8 Å². The van der Waals surface area contributed by atoms with Crippen molar-refractivity contribution in [1.29, 1.82) is 0 Å². The van der Waals surface area contributed by atoms with Gasteiger partial charge in [0, 0.05) is 12.1 Å². The number of benzene rings is 1. The minimum absolute atomic E-state index is 0.0107. The molecule has 1 aliphatic rings. The lowest BCUT2D eigenvalue weighted by Gasteiger charge is -2.36. The van der Waals surface area contributed by atoms with Gasteiger partial charge >= 0.3 is 5.97 Å². The number of carbonyl (C=O) groups is 2. The second-order valence-electron chi connectivity index (χ2n) is 5.16. The van der Waals surface area contributed by atoms with E-state index in [9.17, 15) is 9.59 Å². The molecule has 6 heteroatoms. The van der Waals surface area contributed by atoms with Crippen molar-refractivity contribution in [3.05, 3.63) is 29.8 Å². The highest BCUT2D eigenvalue weighted by molar-refractivity contribution is 5.95. The highest BCUT2D eigenvalue weighted by atomic mass is 16.5. The number of morpholine rings is 1. The lowest BCUT2D eigenvalue weighted by atomic mass is 10.1. The zero-order valence-electron chi connectivity index (χ0n) is 12.1. The van der Waals surface area contributed by atoms with Gasteiger partial charge in [0.15, 0.2) is 6.61 Å². The summed E-state index contributed by atoms with van der Waals surface area (Å²) in [5.41, 5.74) is 0.485. The molecule has 0 radical (unpaired) electrons. The molecule has 114 valence electrons. The average Bonchev–Trinajstić information content (AvgIpc) is 2.47. The van der Waals surface area contributed by atoms with E-state index in [4.69, 9.17) is 14.6 Å². The van der Waals surface area contributed by atoms with Crippen LogP contribution in [0.25, 0.3) is 0 Å². The molecule has 6 nitrogen and oxygen atoms in total. The van der Waals surface area contributed by atoms with Crippen LogP contribution in [0.2, 0.25) is 0 Å². The fourth-order valence-corrected chi connectivity index (χ4v) is 2.22. The number of nitrogens with zero attached hydrogens (tertiary/aromatic N) is 1. The Morgan fingerprint density at radius 2 is 2.19 bits per heavy atom. The van der Waals surface area contributed by atoms with Crippen LogP contribution < -0.4 is 4.74 Å². The van der Waals surface area contributed by atoms with Crippen molar-refractivity contribution in [3.63, 3.8) is 0 Å². The predicted molar refractivity (Wildman–Crippen MR) is 75.5 cm³/mol. The van der Waals surface area contributed by atoms with Crippen LogP contribution in [-0.2, 0) is 9.53 Å². The van der Waals surface area contributed by atoms with Crippen molar-refractivity contribution in [3.8, 4) is 5.75 Å². The van der Waals surface area contributed by atoms with Crippen molar-refractivity contribution >= 4 is 11.9 Å². The number of amides is 1. The maximum absolute atomic E-state index is 12.5. The lowest BCUT2D eigenvalue weighted by Crippen LogP contribution is -2.50. The van der Waals surface area contributed by atoms with Gasteiger partial charge in [0.2, 0.25) is 0 Å². The minimum atomic E-state index is -1.05. The Kier molecular flexibility index (Phi) is 4.80. The molecule has 1 heterocycles. The molecule has 21 heavy (non-hydrogen) atoms. The monoisotopic (exact) mass is 293 g/mol. The third kappa shape index (κ3) is 3.95. The van der Waals surface area contributed by atoms with Gasteiger partial charge in [-0.3, -0.25) is 4.79 Å². The summed E-state index contributed by atoms with van der Waals surface area (Å²) < 4.78 is 10.6. The van der Waals surface area contributed by atoms with Gasteiger partial charge in [-0.1, -0.05) is 6.07 Å². The number of carboxylic acid groups (broad SMARTS) is 1. The molecule has 1 amide bonds. The third-order valence-corrected chi connectivity index (χ3v) is 3.31. The van der Waals surface area contributed by atoms with Crippen molar-refractivity contribution in [2.24, 2.45) is 0 Å². The first kappa shape index (κ1) is 15.3. The average molecular weight is 293 g/mol. The van der Waals surface area contributed by atoms with E-state index in [1.807, 2.05) is 13.8 Å². The summed E-state index contributed by atoms with van der Waals surface area (Å²) >= 11 is 0. The SMILES string of the molecule is CC1CN(C(=O)c2cccc(OCC(=O)O)c2)C(C)CO1. The molecule has 0 aliphatic carbocycles. The van der Waals surface area contributed by atoms with Gasteiger partial charge in [-0.05, 0) is 32.0 Å². The minimum Gasteiger partial charge on any atom is -0.482 e. The number of aliphatic carboxylic acids is 1. The first-order valence-corrected chi connectivity index (χ1v) is 6.84. The molecule has 0 bridgehead atoms. The molecule has 2 atom stereocenters. The van der Waals surface area contributed by atoms with Crippen molar-refractivity contribution in [1.82, 2.24) is 4.90 Å². The Bertz CT molecular complexity index is 531. The molecule has 1 aromatic carbocycles. The fraction of sp³-hybridized carbons (Fsp3) is 0.467. The third-order valence-electron chi connectivity index (χ3n) is 3.31. The van der Waals surface area contributed by atoms with Gasteiger partial charge in [-0.2, -0.15) is 0 Å². The summed E-state index contributed by atoms with van der Waals surface area (Å²) in [5.74, 6) is -0.780. The van der Waals surface area contributed by atoms with Crippen molar-refractivity contribution < 1.29 is 24.2 Å². The highest BCUT2D eigenvalue weighted by Crippen LogP contribution is 2.19. The molecule has 2 rings (SSSR count). The zero-order chi connectivity index (χ0) is 15.4. The summed E-state index contributed by atoms with van der Waals surface area (Å²) in [4.78, 5) is 24.8. The van der Waals surface area contributed by atoms with Gasteiger partial charge in [0.05, 0.1) is 18.8 Å². The van der Waals surface area contributed by atoms with Crippen LogP contribution in [0.3, 0.4) is 0 Å². The summed E-state index contributed by atoms with van der Waals surface area (Å²) in [7, 11) is 0. The van der Waals surface area contributed by atoms with Crippen LogP contribution in [0, 0.1) is 0 Å². The van der Waals surface area contributed by atoms with E-state index in [0.29, 0.717) is 24.5 Å². The molecule has 0 spiro atoms. The summed E-state index contributed by atoms with van der Waals surface area (Å²) in [6.07, 6.45) is 0.0107. The Morgan fingerprint density at radius 1 is 1.43 bits per heavy atom. The number of hydrogen-bond donors (Lipinski definition) is 1. The van der Waals surface area contributed by atoms with Crippen molar-refractivity contribution in [2.45, 2.75) is 26.0 Å². The largest absolute Gasteiger partial charge is 0.482 e. The van der Waals surface area contributed by atoms with Crippen LogP contribution in [0.5, 0.6) is 5.75 Å². The lowest BCUT2D eigenvalue weighted by molar-refractivity contribution is -0.139. The number of carboxylic acids is 1. The van der Waals surface area contributed by atoms with E-state index in [0.717, 1.165) is 0 Å². The molecule has 0 aromatic heterocycles. The second kappa shape index (κ2) is 6.58. The molecule has 0 saturated carbocycles. The zero-order valence-corrected chi connectivity index (χ0v) is 12.1. The highest BCUT2D eigenvalue weighted by Gasteiger charge is 2.28. The number of carbonyl (C=O) groups excluding carboxylic acids is 1. The molecular formula is C15H19NO5. The molecular weight excluding hydrogens is 274 g/mol. The normalized spacial score (nSPS) is 21.9. The van der Waals surface area contributed by atoms with Crippen LogP contribution in [0.4, 0.5) is 0 Å². The van der Waals surface area contributed by atoms with E-state index in [2.05, 4.69) is 0 Å². The Balaban J connectivity index is 2.11. The Morgan fingerprint density at radius 3 is 2.90 bits per heavy atom. The van der Waals surface area contributed by atoms with E-state index >= 15 is 0 Å². The standard InChI is InChI=1S/C15H19NO5/c1-10-8-20-11(2)7-16(10)15(19)12-4-3-5-13(6-12)21-9-14(17)18/h3-6,10-11H,7-9H2,1-2H3,(H,17,18). The molecule has 1 fully saturated rings. The van der Waals surface area contributed by atoms with E-state index < -0.39 is 12.6 Å². The maximum atomic E-state index is 12.5. The van der Waals surface area contributed by atoms with Crippen LogP contribution in [-0.4, -0.2) is 53.8 Å². The second-order valence-corrected chi connectivity index (χ2v) is 5.16. The quantitative estimate of drug-likeness (QED) is 0.908. The van der Waals surface area contributed by atoms with Gasteiger partial charge < -0.3 is 19.5 Å². The van der Waals surface area contributed by atoms with E-state index in [-0.39, 0.29) is 18.1 Å². The predicted octanol–water partition coefficient (Wildman–Crippen LogP) is 1.40. The smallest absolute Gasteiger partial charge is 0.341 e. The molecule has 1 saturated heterocycles. The number of hydrogen-bond acceptors (Lipinski definition) is 4. The van der Waals surface area contributed by atoms with Crippen LogP contribution >= 0.6 is 0 Å². The molecule has 2 unspecified atom stereocenters. The number of rotatable bonds is 4. The maximum Gasteiger partial charge on any atom is 0.341 e. The van der Waals surface area contributed by atoms with E-state index in [1.54, 1.807) is 29.2 Å². The Hall–Kier alpha value is -2.08.